The van der Waals surface area contributed by atoms with E-state index in [0.717, 1.165) is 21.8 Å². The molecule has 0 N–H and O–H groups in total. The van der Waals surface area contributed by atoms with Gasteiger partial charge in [-0.25, -0.2) is 9.78 Å². The molecule has 4 rings (SSSR count). The number of hydrogen-bond donors (Lipinski definition) is 0. The number of nitrogens with zero attached hydrogens (tertiary/aromatic N) is 3. The largest absolute Gasteiger partial charge is 0.496 e. The molecule has 0 saturated carbocycles. The third-order valence-corrected chi connectivity index (χ3v) is 6.77. The highest BCUT2D eigenvalue weighted by molar-refractivity contribution is 7.13. The minimum atomic E-state index is -0.474. The first kappa shape index (κ1) is 25.5. The lowest BCUT2D eigenvalue weighted by Gasteiger charge is -2.32. The molecule has 1 aliphatic rings. The van der Waals surface area contributed by atoms with E-state index in [1.807, 2.05) is 62.8 Å². The summed E-state index contributed by atoms with van der Waals surface area (Å²) >= 11 is 1.56. The lowest BCUT2D eigenvalue weighted by Crippen LogP contribution is -2.43. The maximum atomic E-state index is 13.4. The summed E-state index contributed by atoms with van der Waals surface area (Å²) in [7, 11) is 4.69. The summed E-state index contributed by atoms with van der Waals surface area (Å²) in [5.74, 6) is 0.579. The van der Waals surface area contributed by atoms with Gasteiger partial charge in [-0.3, -0.25) is 9.36 Å². The van der Waals surface area contributed by atoms with Crippen molar-refractivity contribution in [1.82, 2.24) is 14.5 Å². The van der Waals surface area contributed by atoms with Crippen molar-refractivity contribution in [2.45, 2.75) is 53.0 Å². The van der Waals surface area contributed by atoms with Gasteiger partial charge in [-0.15, -0.1) is 11.3 Å². The number of aromatic nitrogens is 2. The van der Waals surface area contributed by atoms with E-state index in [2.05, 4.69) is 0 Å². The highest BCUT2D eigenvalue weighted by Crippen LogP contribution is 2.38. The smallest absolute Gasteiger partial charge is 0.341 e. The molecule has 0 saturated heterocycles. The molecule has 0 bridgehead atoms. The Bertz CT molecular complexity index is 1190. The molecule has 3 aromatic rings. The Balaban J connectivity index is 0.00000158. The van der Waals surface area contributed by atoms with Crippen molar-refractivity contribution in [3.8, 4) is 22.1 Å². The zero-order chi connectivity index (χ0) is 25.2. The van der Waals surface area contributed by atoms with E-state index >= 15 is 0 Å². The van der Waals surface area contributed by atoms with E-state index < -0.39 is 5.97 Å². The molecular formula is C26H33N3O4S. The van der Waals surface area contributed by atoms with Crippen LogP contribution >= 0.6 is 11.3 Å². The second-order valence-electron chi connectivity index (χ2n) is 8.75. The maximum absolute atomic E-state index is 13.4. The Morgan fingerprint density at radius 1 is 1.15 bits per heavy atom. The van der Waals surface area contributed by atoms with Crippen molar-refractivity contribution in [2.24, 2.45) is 0 Å². The van der Waals surface area contributed by atoms with Crippen molar-refractivity contribution < 1.29 is 19.1 Å². The summed E-state index contributed by atoms with van der Waals surface area (Å²) in [5, 5.41) is 1.98. The molecule has 0 radical (unpaired) electrons. The average molecular weight is 484 g/mol. The Morgan fingerprint density at radius 3 is 2.41 bits per heavy atom. The third-order valence-electron chi connectivity index (χ3n) is 5.91. The van der Waals surface area contributed by atoms with Gasteiger partial charge in [0.15, 0.2) is 11.5 Å². The number of hydrogen-bond acceptors (Lipinski definition) is 6. The van der Waals surface area contributed by atoms with Gasteiger partial charge in [0.05, 0.1) is 30.5 Å². The number of ether oxygens (including phenoxy) is 2. The van der Waals surface area contributed by atoms with Crippen LogP contribution < -0.4 is 4.74 Å². The van der Waals surface area contributed by atoms with Crippen LogP contribution in [0.25, 0.3) is 16.4 Å². The van der Waals surface area contributed by atoms with E-state index in [0.29, 0.717) is 35.7 Å². The Morgan fingerprint density at radius 2 is 1.85 bits per heavy atom. The summed E-state index contributed by atoms with van der Waals surface area (Å²) in [6.07, 6.45) is 1.37. The lowest BCUT2D eigenvalue weighted by atomic mass is 9.97. The number of esters is 1. The summed E-state index contributed by atoms with van der Waals surface area (Å²) in [6.45, 7) is 9.99. The van der Waals surface area contributed by atoms with Gasteiger partial charge < -0.3 is 14.4 Å². The first-order valence-electron chi connectivity index (χ1n) is 11.4. The molecule has 1 aliphatic heterocycles. The van der Waals surface area contributed by atoms with Crippen LogP contribution in [0.15, 0.2) is 29.6 Å². The molecule has 2 aromatic heterocycles. The van der Waals surface area contributed by atoms with Crippen LogP contribution in [-0.4, -0.2) is 53.1 Å². The van der Waals surface area contributed by atoms with Crippen LogP contribution in [0.3, 0.4) is 0 Å². The van der Waals surface area contributed by atoms with Gasteiger partial charge in [0, 0.05) is 12.6 Å². The van der Waals surface area contributed by atoms with E-state index in [4.69, 9.17) is 14.5 Å². The minimum Gasteiger partial charge on any atom is -0.496 e. The Hall–Kier alpha value is -3.13. The topological polar surface area (TPSA) is 73.7 Å². The molecule has 1 amide bonds. The number of carbonyl (C=O) groups is 2. The standard InChI is InChI=1S/C24H27N3O4S.C2H6/c1-24(2,3)26(4)22(28)20-16-10-9-14-12-18(30-5)15(23(29)31-6)13-17(14)27(16)21(25-20)19-8-7-11-32-19;1-2/h7-8,11-13H,9-10H2,1-6H3;1-2H3. The van der Waals surface area contributed by atoms with E-state index in [1.54, 1.807) is 29.4 Å². The van der Waals surface area contributed by atoms with Crippen molar-refractivity contribution in [3.05, 3.63) is 52.2 Å². The fraction of sp³-hybridized carbons (Fsp3) is 0.423. The SMILES string of the molecule is CC.COC(=O)c1cc2c(cc1OC)CCc1c(C(=O)N(C)C(C)(C)C)nc(-c3cccs3)n1-2. The van der Waals surface area contributed by atoms with Gasteiger partial charge >= 0.3 is 5.97 Å². The fourth-order valence-electron chi connectivity index (χ4n) is 3.86. The summed E-state index contributed by atoms with van der Waals surface area (Å²) in [5.41, 5.74) is 3.15. The lowest BCUT2D eigenvalue weighted by molar-refractivity contribution is 0.0595. The molecule has 0 aliphatic carbocycles. The maximum Gasteiger partial charge on any atom is 0.341 e. The molecule has 1 aromatic carbocycles. The zero-order valence-electron chi connectivity index (χ0n) is 21.2. The third kappa shape index (κ3) is 4.46. The van der Waals surface area contributed by atoms with Gasteiger partial charge in [0.2, 0.25) is 0 Å². The number of carbonyl (C=O) groups excluding carboxylic acids is 2. The predicted octanol–water partition coefficient (Wildman–Crippen LogP) is 5.39. The molecule has 0 spiro atoms. The monoisotopic (exact) mass is 483 g/mol. The Labute approximate surface area is 205 Å². The first-order chi connectivity index (χ1) is 16.2. The fourth-order valence-corrected chi connectivity index (χ4v) is 4.56. The Kier molecular flexibility index (Phi) is 7.51. The average Bonchev–Trinajstić information content (AvgIpc) is 3.50. The van der Waals surface area contributed by atoms with Gasteiger partial charge in [0.1, 0.15) is 11.3 Å². The van der Waals surface area contributed by atoms with Crippen molar-refractivity contribution in [2.75, 3.05) is 21.3 Å². The van der Waals surface area contributed by atoms with Gasteiger partial charge in [-0.2, -0.15) is 0 Å². The number of benzene rings is 1. The highest BCUT2D eigenvalue weighted by Gasteiger charge is 2.33. The van der Waals surface area contributed by atoms with Crippen LogP contribution in [0.5, 0.6) is 5.75 Å². The summed E-state index contributed by atoms with van der Waals surface area (Å²) in [6, 6.07) is 7.61. The minimum absolute atomic E-state index is 0.116. The number of fused-ring (bicyclic) bond motifs is 3. The summed E-state index contributed by atoms with van der Waals surface area (Å²) in [4.78, 5) is 33.4. The molecular weight excluding hydrogens is 450 g/mol. The number of amides is 1. The predicted molar refractivity (Wildman–Crippen MR) is 135 cm³/mol. The second-order valence-corrected chi connectivity index (χ2v) is 9.70. The number of rotatable bonds is 4. The number of thiophene rings is 1. The van der Waals surface area contributed by atoms with Gasteiger partial charge in [-0.1, -0.05) is 19.9 Å². The molecule has 3 heterocycles. The normalized spacial score (nSPS) is 12.1. The molecule has 0 fully saturated rings. The molecule has 0 unspecified atom stereocenters. The molecule has 8 heteroatoms. The molecule has 0 atom stereocenters. The quantitative estimate of drug-likeness (QED) is 0.465. The van der Waals surface area contributed by atoms with Gasteiger partial charge in [0.25, 0.3) is 5.91 Å². The molecule has 7 nitrogen and oxygen atoms in total. The van der Waals surface area contributed by atoms with Crippen LogP contribution in [0.1, 0.15) is 66.7 Å². The van der Waals surface area contributed by atoms with Crippen LogP contribution in [0.4, 0.5) is 0 Å². The first-order valence-corrected chi connectivity index (χ1v) is 12.3. The van der Waals surface area contributed by atoms with Crippen LogP contribution in [0.2, 0.25) is 0 Å². The number of imidazole rings is 1. The number of methoxy groups -OCH3 is 2. The van der Waals surface area contributed by atoms with Crippen molar-refractivity contribution in [3.63, 3.8) is 0 Å². The van der Waals surface area contributed by atoms with Crippen molar-refractivity contribution in [1.29, 1.82) is 0 Å². The number of aryl methyl sites for hydroxylation is 1. The van der Waals surface area contributed by atoms with E-state index in [9.17, 15) is 9.59 Å². The molecule has 182 valence electrons. The van der Waals surface area contributed by atoms with Crippen LogP contribution in [-0.2, 0) is 17.6 Å². The van der Waals surface area contributed by atoms with E-state index in [1.165, 1.54) is 14.2 Å². The molecule has 34 heavy (non-hydrogen) atoms. The van der Waals surface area contributed by atoms with E-state index in [-0.39, 0.29) is 11.4 Å². The highest BCUT2D eigenvalue weighted by atomic mass is 32.1. The van der Waals surface area contributed by atoms with Gasteiger partial charge in [-0.05, 0) is 62.8 Å². The van der Waals surface area contributed by atoms with Crippen molar-refractivity contribution >= 4 is 23.2 Å². The summed E-state index contributed by atoms with van der Waals surface area (Å²) < 4.78 is 12.4. The zero-order valence-corrected chi connectivity index (χ0v) is 22.0. The van der Waals surface area contributed by atoms with Crippen LogP contribution in [0, 0.1) is 0 Å². The second kappa shape index (κ2) is 10.0.